The third-order valence-electron chi connectivity index (χ3n) is 4.19. The fourth-order valence-corrected chi connectivity index (χ4v) is 3.67. The lowest BCUT2D eigenvalue weighted by atomic mass is 10.2. The minimum absolute atomic E-state index is 0.103. The standard InChI is InChI=1S/C18H16F3N5O4S/c1-3-24(15-8-7-11(9-14(15)21)10-31(2,29)30)17(27)26-18(28)25(22-23-26)16-12(19)5-4-6-13(16)20/h4-9H,3,10H2,1-2H3. The maximum atomic E-state index is 14.6. The van der Waals surface area contributed by atoms with Crippen molar-refractivity contribution in [3.8, 4) is 5.69 Å². The highest BCUT2D eigenvalue weighted by Gasteiger charge is 2.26. The Kier molecular flexibility index (Phi) is 5.97. The summed E-state index contributed by atoms with van der Waals surface area (Å²) in [5, 5.41) is 6.70. The number of halogens is 3. The predicted octanol–water partition coefficient (Wildman–Crippen LogP) is 1.89. The van der Waals surface area contributed by atoms with Gasteiger partial charge in [0.1, 0.15) is 11.5 Å². The minimum Gasteiger partial charge on any atom is -0.290 e. The molecule has 0 N–H and O–H groups in total. The van der Waals surface area contributed by atoms with E-state index in [0.29, 0.717) is 0 Å². The number of para-hydroxylation sites is 1. The molecule has 1 heterocycles. The Morgan fingerprint density at radius 1 is 1.06 bits per heavy atom. The second-order valence-electron chi connectivity index (χ2n) is 6.54. The number of tetrazole rings is 1. The molecule has 0 aliphatic rings. The lowest BCUT2D eigenvalue weighted by Gasteiger charge is -2.20. The van der Waals surface area contributed by atoms with Gasteiger partial charge in [0, 0.05) is 12.8 Å². The molecule has 0 saturated carbocycles. The summed E-state index contributed by atoms with van der Waals surface area (Å²) in [6, 6.07) is 5.23. The summed E-state index contributed by atoms with van der Waals surface area (Å²) in [4.78, 5) is 26.2. The number of rotatable bonds is 5. The first-order valence-corrected chi connectivity index (χ1v) is 10.9. The van der Waals surface area contributed by atoms with Gasteiger partial charge in [-0.1, -0.05) is 12.1 Å². The van der Waals surface area contributed by atoms with Gasteiger partial charge in [-0.15, -0.1) is 4.68 Å². The van der Waals surface area contributed by atoms with E-state index in [2.05, 4.69) is 10.4 Å². The fraction of sp³-hybridized carbons (Fsp3) is 0.222. The molecule has 0 bridgehead atoms. The molecule has 0 saturated heterocycles. The molecule has 0 spiro atoms. The topological polar surface area (TPSA) is 107 Å². The number of hydrogen-bond donors (Lipinski definition) is 0. The van der Waals surface area contributed by atoms with Gasteiger partial charge in [-0.05, 0) is 47.2 Å². The number of aromatic nitrogens is 4. The van der Waals surface area contributed by atoms with Gasteiger partial charge in [0.2, 0.25) is 0 Å². The Morgan fingerprint density at radius 3 is 2.26 bits per heavy atom. The molecule has 1 aromatic heterocycles. The van der Waals surface area contributed by atoms with E-state index in [1.807, 2.05) is 0 Å². The van der Waals surface area contributed by atoms with Crippen LogP contribution in [0.25, 0.3) is 5.69 Å². The van der Waals surface area contributed by atoms with Crippen LogP contribution in [0.1, 0.15) is 12.5 Å². The SMILES string of the molecule is CCN(C(=O)n1nnn(-c2c(F)cccc2F)c1=O)c1ccc(CS(C)(=O)=O)cc1F. The third-order valence-corrected chi connectivity index (χ3v) is 5.05. The van der Waals surface area contributed by atoms with Crippen molar-refractivity contribution in [2.75, 3.05) is 17.7 Å². The second kappa shape index (κ2) is 8.34. The predicted molar refractivity (Wildman–Crippen MR) is 104 cm³/mol. The number of carbonyl (C=O) groups excluding carboxylic acids is 1. The van der Waals surface area contributed by atoms with Gasteiger partial charge in [0.25, 0.3) is 0 Å². The molecule has 0 aliphatic heterocycles. The summed E-state index contributed by atoms with van der Waals surface area (Å²) in [7, 11) is -3.40. The Morgan fingerprint density at radius 2 is 1.71 bits per heavy atom. The van der Waals surface area contributed by atoms with Crippen LogP contribution in [-0.2, 0) is 15.6 Å². The van der Waals surface area contributed by atoms with Crippen LogP contribution in [0.5, 0.6) is 0 Å². The van der Waals surface area contributed by atoms with Crippen molar-refractivity contribution >= 4 is 21.6 Å². The number of benzene rings is 2. The highest BCUT2D eigenvalue weighted by molar-refractivity contribution is 7.89. The molecule has 3 rings (SSSR count). The molecule has 0 atom stereocenters. The van der Waals surface area contributed by atoms with Crippen molar-refractivity contribution in [2.45, 2.75) is 12.7 Å². The molecule has 164 valence electrons. The largest absolute Gasteiger partial charge is 0.377 e. The summed E-state index contributed by atoms with van der Waals surface area (Å²) in [5.41, 5.74) is -2.15. The number of carbonyl (C=O) groups is 1. The zero-order valence-electron chi connectivity index (χ0n) is 16.3. The molecule has 9 nitrogen and oxygen atoms in total. The molecule has 0 radical (unpaired) electrons. The zero-order valence-corrected chi connectivity index (χ0v) is 17.1. The van der Waals surface area contributed by atoms with Crippen molar-refractivity contribution in [3.05, 3.63) is 69.9 Å². The first kappa shape index (κ1) is 22.2. The van der Waals surface area contributed by atoms with Gasteiger partial charge in [0.15, 0.2) is 21.5 Å². The van der Waals surface area contributed by atoms with E-state index in [9.17, 15) is 31.2 Å². The maximum absolute atomic E-state index is 14.6. The number of hydrogen-bond acceptors (Lipinski definition) is 6. The fourth-order valence-electron chi connectivity index (χ4n) is 2.88. The number of sulfone groups is 1. The summed E-state index contributed by atoms with van der Waals surface area (Å²) in [6.07, 6.45) is 0.995. The molecule has 0 fully saturated rings. The van der Waals surface area contributed by atoms with Gasteiger partial charge in [0.05, 0.1) is 11.4 Å². The quantitative estimate of drug-likeness (QED) is 0.544. The van der Waals surface area contributed by atoms with Crippen LogP contribution in [0.4, 0.5) is 23.7 Å². The van der Waals surface area contributed by atoms with Gasteiger partial charge >= 0.3 is 11.7 Å². The van der Waals surface area contributed by atoms with Crippen molar-refractivity contribution < 1.29 is 26.4 Å². The summed E-state index contributed by atoms with van der Waals surface area (Å²) in [5.74, 6) is -3.49. The van der Waals surface area contributed by atoms with Crippen LogP contribution in [0.2, 0.25) is 0 Å². The molecule has 3 aromatic rings. The number of anilines is 1. The lowest BCUT2D eigenvalue weighted by molar-refractivity contribution is 0.244. The molecular formula is C18H16F3N5O4S. The van der Waals surface area contributed by atoms with E-state index in [0.717, 1.165) is 35.4 Å². The smallest absolute Gasteiger partial charge is 0.290 e. The Balaban J connectivity index is 1.99. The zero-order chi connectivity index (χ0) is 22.9. The molecule has 31 heavy (non-hydrogen) atoms. The minimum atomic E-state index is -3.40. The number of nitrogens with zero attached hydrogens (tertiary/aromatic N) is 5. The Labute approximate surface area is 174 Å². The first-order valence-electron chi connectivity index (χ1n) is 8.81. The van der Waals surface area contributed by atoms with Gasteiger partial charge < -0.3 is 0 Å². The highest BCUT2D eigenvalue weighted by Crippen LogP contribution is 2.22. The van der Waals surface area contributed by atoms with Gasteiger partial charge in [-0.3, -0.25) is 4.90 Å². The van der Waals surface area contributed by atoms with E-state index < -0.39 is 50.5 Å². The normalized spacial score (nSPS) is 11.5. The number of amides is 1. The Bertz CT molecular complexity index is 1300. The van der Waals surface area contributed by atoms with Crippen LogP contribution < -0.4 is 10.6 Å². The highest BCUT2D eigenvalue weighted by atomic mass is 32.2. The maximum Gasteiger partial charge on any atom is 0.377 e. The summed E-state index contributed by atoms with van der Waals surface area (Å²) < 4.78 is 65.8. The summed E-state index contributed by atoms with van der Waals surface area (Å²) in [6.45, 7) is 1.39. The third kappa shape index (κ3) is 4.50. The molecule has 0 unspecified atom stereocenters. The van der Waals surface area contributed by atoms with Crippen molar-refractivity contribution in [3.63, 3.8) is 0 Å². The molecule has 13 heteroatoms. The molecule has 0 aliphatic carbocycles. The van der Waals surface area contributed by atoms with Crippen LogP contribution in [0.15, 0.2) is 41.2 Å². The first-order chi connectivity index (χ1) is 14.5. The Hall–Kier alpha value is -3.48. The monoisotopic (exact) mass is 455 g/mol. The van der Waals surface area contributed by atoms with E-state index in [4.69, 9.17) is 0 Å². The van der Waals surface area contributed by atoms with Gasteiger partial charge in [-0.25, -0.2) is 31.2 Å². The molecule has 2 aromatic carbocycles. The van der Waals surface area contributed by atoms with Crippen LogP contribution in [0, 0.1) is 17.5 Å². The average Bonchev–Trinajstić information content (AvgIpc) is 3.03. The van der Waals surface area contributed by atoms with E-state index in [1.54, 1.807) is 0 Å². The molecular weight excluding hydrogens is 439 g/mol. The van der Waals surface area contributed by atoms with Crippen LogP contribution >= 0.6 is 0 Å². The van der Waals surface area contributed by atoms with Crippen molar-refractivity contribution in [1.29, 1.82) is 0 Å². The van der Waals surface area contributed by atoms with Crippen molar-refractivity contribution in [1.82, 2.24) is 19.8 Å². The lowest BCUT2D eigenvalue weighted by Crippen LogP contribution is -2.41. The van der Waals surface area contributed by atoms with E-state index in [-0.39, 0.29) is 27.2 Å². The van der Waals surface area contributed by atoms with Gasteiger partial charge in [-0.2, -0.15) is 4.68 Å². The van der Waals surface area contributed by atoms with Crippen LogP contribution in [0.3, 0.4) is 0 Å². The van der Waals surface area contributed by atoms with E-state index >= 15 is 0 Å². The second-order valence-corrected chi connectivity index (χ2v) is 8.68. The van der Waals surface area contributed by atoms with Crippen molar-refractivity contribution in [2.24, 2.45) is 0 Å². The summed E-state index contributed by atoms with van der Waals surface area (Å²) >= 11 is 0. The van der Waals surface area contributed by atoms with E-state index in [1.165, 1.54) is 19.1 Å². The van der Waals surface area contributed by atoms with Crippen LogP contribution in [-0.4, -0.2) is 47.0 Å². The molecule has 1 amide bonds. The average molecular weight is 455 g/mol.